The molecule has 4 atom stereocenters. The van der Waals surface area contributed by atoms with Crippen LogP contribution in [0.3, 0.4) is 0 Å². The van der Waals surface area contributed by atoms with Crippen molar-refractivity contribution in [2.45, 2.75) is 45.3 Å². The van der Waals surface area contributed by atoms with Gasteiger partial charge < -0.3 is 15.4 Å². The topological polar surface area (TPSA) is 80.3 Å². The predicted molar refractivity (Wildman–Crippen MR) is 106 cm³/mol. The van der Waals surface area contributed by atoms with E-state index >= 15 is 0 Å². The lowest BCUT2D eigenvalue weighted by atomic mass is 9.60. The lowest BCUT2D eigenvalue weighted by Gasteiger charge is -2.55. The van der Waals surface area contributed by atoms with Crippen molar-refractivity contribution in [3.63, 3.8) is 0 Å². The molecule has 1 aliphatic heterocycles. The maximum absolute atomic E-state index is 12.9. The van der Waals surface area contributed by atoms with Gasteiger partial charge in [-0.3, -0.25) is 9.59 Å². The fourth-order valence-corrected chi connectivity index (χ4v) is 5.82. The van der Waals surface area contributed by atoms with Gasteiger partial charge in [-0.25, -0.2) is 4.98 Å². The van der Waals surface area contributed by atoms with Crippen LogP contribution in [0.2, 0.25) is 0 Å². The molecule has 2 N–H and O–H groups in total. The summed E-state index contributed by atoms with van der Waals surface area (Å²) in [5.41, 5.74) is 0.860. The van der Waals surface area contributed by atoms with Crippen LogP contribution in [0, 0.1) is 31.6 Å². The van der Waals surface area contributed by atoms with Gasteiger partial charge in [0.25, 0.3) is 5.91 Å². The van der Waals surface area contributed by atoms with Gasteiger partial charge in [-0.1, -0.05) is 12.1 Å². The smallest absolute Gasteiger partial charge is 0.258 e. The van der Waals surface area contributed by atoms with E-state index in [1.54, 1.807) is 6.07 Å². The van der Waals surface area contributed by atoms with Crippen LogP contribution in [0.5, 0.6) is 5.75 Å². The normalized spacial score (nSPS) is 30.5. The van der Waals surface area contributed by atoms with Crippen molar-refractivity contribution >= 4 is 28.3 Å². The first-order valence-electron chi connectivity index (χ1n) is 9.80. The molecule has 2 heterocycles. The molecule has 1 aromatic carbocycles. The van der Waals surface area contributed by atoms with Crippen molar-refractivity contribution in [3.8, 4) is 5.75 Å². The number of nitrogens with zero attached hydrogens (tertiary/aromatic N) is 1. The summed E-state index contributed by atoms with van der Waals surface area (Å²) in [5, 5.41) is 6.82. The van der Waals surface area contributed by atoms with Crippen LogP contribution in [-0.4, -0.2) is 22.5 Å². The first kappa shape index (κ1) is 17.7. The van der Waals surface area contributed by atoms with Gasteiger partial charge in [-0.05, 0) is 51.2 Å². The second kappa shape index (κ2) is 6.30. The van der Waals surface area contributed by atoms with Gasteiger partial charge in [0, 0.05) is 23.1 Å². The quantitative estimate of drug-likeness (QED) is 0.811. The maximum atomic E-state index is 12.9. The minimum Gasteiger partial charge on any atom is -0.467 e. The molecule has 7 heteroatoms. The van der Waals surface area contributed by atoms with Crippen LogP contribution < -0.4 is 15.4 Å². The Morgan fingerprint density at radius 2 is 2.14 bits per heavy atom. The Labute approximate surface area is 167 Å². The maximum Gasteiger partial charge on any atom is 0.258 e. The molecular weight excluding hydrogens is 374 g/mol. The molecule has 6 nitrogen and oxygen atoms in total. The number of ether oxygens (including phenoxy) is 1. The van der Waals surface area contributed by atoms with Gasteiger partial charge in [0.2, 0.25) is 5.91 Å². The highest BCUT2D eigenvalue weighted by Crippen LogP contribution is 2.52. The Bertz CT molecular complexity index is 952. The number of hydrogen-bond acceptors (Lipinski definition) is 5. The summed E-state index contributed by atoms with van der Waals surface area (Å²) < 4.78 is 6.36. The summed E-state index contributed by atoms with van der Waals surface area (Å²) in [6.45, 7) is 3.96. The fraction of sp³-hybridized carbons (Fsp3) is 0.476. The van der Waals surface area contributed by atoms with Gasteiger partial charge in [0.15, 0.2) is 10.9 Å². The zero-order valence-electron chi connectivity index (χ0n) is 16.0. The highest BCUT2D eigenvalue weighted by atomic mass is 32.1. The standard InChI is InChI=1S/C21H23N3O3S/c1-11-12(2)28-20(22-11)23-18(25)16-9-14-8-7-13(16)10-21(14)24-19(26)15-5-3-4-6-17(15)27-21/h3-6,13-14,16H,7-10H2,1-2H3,(H,24,26)(H,22,23,25)/t13-,14-,16+,21+/m1/s1. The number of carbonyl (C=O) groups is 2. The first-order valence-corrected chi connectivity index (χ1v) is 10.6. The van der Waals surface area contributed by atoms with E-state index < -0.39 is 5.72 Å². The van der Waals surface area contributed by atoms with E-state index in [0.29, 0.717) is 22.9 Å². The summed E-state index contributed by atoms with van der Waals surface area (Å²) in [7, 11) is 0. The van der Waals surface area contributed by atoms with E-state index in [0.717, 1.165) is 29.8 Å². The van der Waals surface area contributed by atoms with Crippen LogP contribution in [0.4, 0.5) is 5.13 Å². The number of carbonyl (C=O) groups excluding carboxylic acids is 2. The largest absolute Gasteiger partial charge is 0.467 e. The van der Waals surface area contributed by atoms with Crippen LogP contribution >= 0.6 is 11.3 Å². The molecule has 4 aliphatic rings. The van der Waals surface area contributed by atoms with E-state index in [1.165, 1.54) is 11.3 Å². The number of anilines is 1. The molecule has 0 radical (unpaired) electrons. The highest BCUT2D eigenvalue weighted by molar-refractivity contribution is 7.15. The van der Waals surface area contributed by atoms with Crippen molar-refractivity contribution in [2.24, 2.45) is 17.8 Å². The van der Waals surface area contributed by atoms with Gasteiger partial charge >= 0.3 is 0 Å². The molecule has 2 amide bonds. The van der Waals surface area contributed by atoms with Crippen LogP contribution in [-0.2, 0) is 4.79 Å². The molecule has 3 saturated carbocycles. The Hall–Kier alpha value is -2.41. The van der Waals surface area contributed by atoms with Crippen LogP contribution in [0.25, 0.3) is 0 Å². The molecule has 0 saturated heterocycles. The Kier molecular flexibility index (Phi) is 3.98. The number of nitrogens with one attached hydrogen (secondary N) is 2. The average molecular weight is 398 g/mol. The number of para-hydroxylation sites is 1. The van der Waals surface area contributed by atoms with Gasteiger partial charge in [0.1, 0.15) is 5.75 Å². The van der Waals surface area contributed by atoms with E-state index in [4.69, 9.17) is 4.74 Å². The van der Waals surface area contributed by atoms with Gasteiger partial charge in [0.05, 0.1) is 11.3 Å². The second-order valence-electron chi connectivity index (χ2n) is 8.17. The first-order chi connectivity index (χ1) is 13.4. The van der Waals surface area contributed by atoms with Crippen molar-refractivity contribution in [3.05, 3.63) is 40.4 Å². The van der Waals surface area contributed by atoms with Gasteiger partial charge in [-0.15, -0.1) is 11.3 Å². The minimum atomic E-state index is -0.681. The molecule has 2 aromatic rings. The number of rotatable bonds is 2. The third-order valence-corrected chi connectivity index (χ3v) is 7.55. The number of aryl methyl sites for hydroxylation is 2. The molecule has 0 unspecified atom stereocenters. The van der Waals surface area contributed by atoms with Gasteiger partial charge in [-0.2, -0.15) is 0 Å². The number of thiazole rings is 1. The summed E-state index contributed by atoms with van der Waals surface area (Å²) in [4.78, 5) is 31.1. The molecule has 3 aliphatic carbocycles. The third-order valence-electron chi connectivity index (χ3n) is 6.56. The summed E-state index contributed by atoms with van der Waals surface area (Å²) in [5.74, 6) is 0.869. The number of fused-ring (bicyclic) bond motifs is 3. The Morgan fingerprint density at radius 1 is 1.32 bits per heavy atom. The Morgan fingerprint density at radius 3 is 2.86 bits per heavy atom. The van der Waals surface area contributed by atoms with E-state index in [9.17, 15) is 9.59 Å². The van der Waals surface area contributed by atoms with Crippen molar-refractivity contribution in [2.75, 3.05) is 5.32 Å². The highest BCUT2D eigenvalue weighted by Gasteiger charge is 2.57. The SMILES string of the molecule is Cc1nc(NC(=O)[C@H]2C[C@H]3CC[C@@H]2C[C@@]32NC(=O)c3ccccc3O2)sc1C. The summed E-state index contributed by atoms with van der Waals surface area (Å²) >= 11 is 1.52. The molecule has 6 rings (SSSR count). The van der Waals surface area contributed by atoms with Crippen molar-refractivity contribution in [1.29, 1.82) is 0 Å². The molecular formula is C21H23N3O3S. The van der Waals surface area contributed by atoms with Crippen LogP contribution in [0.1, 0.15) is 46.6 Å². The molecule has 1 aromatic heterocycles. The van der Waals surface area contributed by atoms with E-state index in [1.807, 2.05) is 32.0 Å². The number of benzene rings is 1. The number of aromatic nitrogens is 1. The molecule has 2 bridgehead atoms. The van der Waals surface area contributed by atoms with Crippen molar-refractivity contribution in [1.82, 2.24) is 10.3 Å². The third kappa shape index (κ3) is 2.71. The minimum absolute atomic E-state index is 0.0424. The molecule has 28 heavy (non-hydrogen) atoms. The number of amides is 2. The number of hydrogen-bond donors (Lipinski definition) is 2. The lowest BCUT2D eigenvalue weighted by Crippen LogP contribution is -2.66. The Balaban J connectivity index is 1.35. The van der Waals surface area contributed by atoms with E-state index in [-0.39, 0.29) is 29.6 Å². The average Bonchev–Trinajstić information content (AvgIpc) is 2.99. The monoisotopic (exact) mass is 397 g/mol. The molecule has 146 valence electrons. The molecule has 1 spiro atoms. The second-order valence-corrected chi connectivity index (χ2v) is 9.38. The zero-order chi connectivity index (χ0) is 19.5. The lowest BCUT2D eigenvalue weighted by molar-refractivity contribution is -0.142. The van der Waals surface area contributed by atoms with E-state index in [2.05, 4.69) is 15.6 Å². The zero-order valence-corrected chi connectivity index (χ0v) is 16.8. The van der Waals surface area contributed by atoms with Crippen LogP contribution in [0.15, 0.2) is 24.3 Å². The van der Waals surface area contributed by atoms with Crippen molar-refractivity contribution < 1.29 is 14.3 Å². The summed E-state index contributed by atoms with van der Waals surface area (Å²) in [6, 6.07) is 7.37. The molecule has 3 fully saturated rings. The fourth-order valence-electron chi connectivity index (χ4n) is 5.01. The predicted octanol–water partition coefficient (Wildman–Crippen LogP) is 3.65. The summed E-state index contributed by atoms with van der Waals surface area (Å²) in [6.07, 6.45) is 3.35.